The summed E-state index contributed by atoms with van der Waals surface area (Å²) in [6, 6.07) is 8.99. The Kier molecular flexibility index (Phi) is 5.91. The molecular formula is C20H22N2O4S. The zero-order chi connectivity index (χ0) is 19.4. The lowest BCUT2D eigenvalue weighted by atomic mass is 9.90. The van der Waals surface area contributed by atoms with Crippen molar-refractivity contribution >= 4 is 34.8 Å². The number of rotatable bonds is 6. The van der Waals surface area contributed by atoms with Gasteiger partial charge in [-0.3, -0.25) is 14.4 Å². The van der Waals surface area contributed by atoms with Gasteiger partial charge in [0.05, 0.1) is 11.3 Å². The molecule has 142 valence electrons. The fraction of sp³-hybridized carbons (Fsp3) is 0.350. The van der Waals surface area contributed by atoms with E-state index in [0.717, 1.165) is 23.3 Å². The number of amides is 2. The number of thiophene rings is 1. The number of hydrogen-bond acceptors (Lipinski definition) is 4. The van der Waals surface area contributed by atoms with Gasteiger partial charge in [0.25, 0.3) is 5.91 Å². The lowest BCUT2D eigenvalue weighted by Crippen LogP contribution is -2.30. The summed E-state index contributed by atoms with van der Waals surface area (Å²) in [4.78, 5) is 36.6. The predicted molar refractivity (Wildman–Crippen MR) is 104 cm³/mol. The summed E-state index contributed by atoms with van der Waals surface area (Å²) < 4.78 is 0. The Balaban J connectivity index is 1.57. The Bertz CT molecular complexity index is 857. The molecule has 0 saturated carbocycles. The van der Waals surface area contributed by atoms with Crippen molar-refractivity contribution in [2.45, 2.75) is 32.6 Å². The molecule has 7 heteroatoms. The molecule has 6 nitrogen and oxygen atoms in total. The van der Waals surface area contributed by atoms with Crippen molar-refractivity contribution < 1.29 is 19.5 Å². The number of carboxylic acids is 1. The quantitative estimate of drug-likeness (QED) is 0.711. The summed E-state index contributed by atoms with van der Waals surface area (Å²) in [7, 11) is 0. The number of carbonyl (C=O) groups is 3. The van der Waals surface area contributed by atoms with E-state index in [4.69, 9.17) is 5.11 Å². The Morgan fingerprint density at radius 1 is 1.22 bits per heavy atom. The van der Waals surface area contributed by atoms with E-state index in [1.807, 2.05) is 6.07 Å². The second kappa shape index (κ2) is 8.35. The number of fused-ring (bicyclic) bond motifs is 1. The van der Waals surface area contributed by atoms with Crippen LogP contribution in [0.25, 0.3) is 0 Å². The molecule has 0 fully saturated rings. The maximum absolute atomic E-state index is 12.5. The van der Waals surface area contributed by atoms with E-state index in [9.17, 15) is 14.4 Å². The van der Waals surface area contributed by atoms with Crippen LogP contribution in [-0.4, -0.2) is 29.4 Å². The molecule has 0 radical (unpaired) electrons. The highest BCUT2D eigenvalue weighted by Gasteiger charge is 2.20. The largest absolute Gasteiger partial charge is 0.480 e. The average Bonchev–Trinajstić information content (AvgIpc) is 3.05. The maximum Gasteiger partial charge on any atom is 0.322 e. The molecule has 1 heterocycles. The summed E-state index contributed by atoms with van der Waals surface area (Å²) in [5.41, 5.74) is 2.71. The molecule has 27 heavy (non-hydrogen) atoms. The van der Waals surface area contributed by atoms with Crippen LogP contribution in [-0.2, 0) is 28.9 Å². The molecule has 1 unspecified atom stereocenters. The Morgan fingerprint density at radius 2 is 1.96 bits per heavy atom. The van der Waals surface area contributed by atoms with Gasteiger partial charge in [0.2, 0.25) is 5.91 Å². The molecule has 2 amide bonds. The summed E-state index contributed by atoms with van der Waals surface area (Å²) >= 11 is 1.57. The van der Waals surface area contributed by atoms with Crippen LogP contribution in [0.3, 0.4) is 0 Å². The third-order valence-electron chi connectivity index (χ3n) is 4.57. The number of carbonyl (C=O) groups excluding carboxylic acids is 2. The number of aryl methyl sites for hydroxylation is 1. The van der Waals surface area contributed by atoms with E-state index in [-0.39, 0.29) is 18.2 Å². The lowest BCUT2D eigenvalue weighted by molar-refractivity contribution is -0.137. The van der Waals surface area contributed by atoms with E-state index >= 15 is 0 Å². The third kappa shape index (κ3) is 5.17. The first kappa shape index (κ1) is 19.1. The van der Waals surface area contributed by atoms with Gasteiger partial charge in [-0.05, 0) is 54.5 Å². The number of nitrogens with one attached hydrogen (secondary N) is 2. The molecule has 2 aromatic rings. The normalized spacial score (nSPS) is 15.7. The van der Waals surface area contributed by atoms with Gasteiger partial charge >= 0.3 is 5.97 Å². The van der Waals surface area contributed by atoms with Gasteiger partial charge in [-0.15, -0.1) is 11.3 Å². The molecular weight excluding hydrogens is 364 g/mol. The van der Waals surface area contributed by atoms with Gasteiger partial charge in [0.1, 0.15) is 6.54 Å². The van der Waals surface area contributed by atoms with Crippen LogP contribution >= 0.6 is 11.3 Å². The second-order valence-electron chi connectivity index (χ2n) is 6.91. The molecule has 0 spiro atoms. The molecule has 3 N–H and O–H groups in total. The van der Waals surface area contributed by atoms with Crippen LogP contribution in [0.4, 0.5) is 5.69 Å². The van der Waals surface area contributed by atoms with Crippen LogP contribution < -0.4 is 10.6 Å². The van der Waals surface area contributed by atoms with Crippen molar-refractivity contribution in [2.75, 3.05) is 11.9 Å². The van der Waals surface area contributed by atoms with E-state index < -0.39 is 12.5 Å². The molecule has 0 bridgehead atoms. The minimum absolute atomic E-state index is 0.0946. The molecule has 3 rings (SSSR count). The summed E-state index contributed by atoms with van der Waals surface area (Å²) in [6.45, 7) is 1.85. The number of hydrogen-bond donors (Lipinski definition) is 3. The maximum atomic E-state index is 12.5. The fourth-order valence-corrected chi connectivity index (χ4v) is 4.24. The Morgan fingerprint density at radius 3 is 2.67 bits per heavy atom. The molecule has 1 aromatic carbocycles. The SMILES string of the molecule is CC1CCc2sc(C(=O)Nc3ccc(CC(=O)NCC(=O)O)cc3)cc2C1. The van der Waals surface area contributed by atoms with Crippen LogP contribution in [0.5, 0.6) is 0 Å². The first-order valence-electron chi connectivity index (χ1n) is 8.91. The topological polar surface area (TPSA) is 95.5 Å². The van der Waals surface area contributed by atoms with E-state index in [1.54, 1.807) is 35.6 Å². The van der Waals surface area contributed by atoms with Gasteiger partial charge in [-0.1, -0.05) is 19.1 Å². The zero-order valence-electron chi connectivity index (χ0n) is 15.1. The van der Waals surface area contributed by atoms with Gasteiger partial charge < -0.3 is 15.7 Å². The lowest BCUT2D eigenvalue weighted by Gasteiger charge is -2.16. The minimum atomic E-state index is -1.08. The van der Waals surface area contributed by atoms with Gasteiger partial charge in [-0.25, -0.2) is 0 Å². The second-order valence-corrected chi connectivity index (χ2v) is 8.04. The minimum Gasteiger partial charge on any atom is -0.480 e. The Labute approximate surface area is 161 Å². The van der Waals surface area contributed by atoms with Crippen molar-refractivity contribution in [2.24, 2.45) is 5.92 Å². The molecule has 1 aliphatic carbocycles. The third-order valence-corrected chi connectivity index (χ3v) is 5.80. The van der Waals surface area contributed by atoms with E-state index in [2.05, 4.69) is 17.6 Å². The van der Waals surface area contributed by atoms with Crippen molar-refractivity contribution in [1.82, 2.24) is 5.32 Å². The summed E-state index contributed by atoms with van der Waals surface area (Å²) in [5, 5.41) is 13.8. The van der Waals surface area contributed by atoms with Crippen molar-refractivity contribution in [3.8, 4) is 0 Å². The van der Waals surface area contributed by atoms with E-state index in [1.165, 1.54) is 16.9 Å². The first-order valence-corrected chi connectivity index (χ1v) is 9.72. The van der Waals surface area contributed by atoms with Crippen LogP contribution in [0.1, 0.15) is 39.0 Å². The molecule has 0 aliphatic heterocycles. The highest BCUT2D eigenvalue weighted by atomic mass is 32.1. The number of anilines is 1. The number of aliphatic carboxylic acids is 1. The monoisotopic (exact) mass is 386 g/mol. The van der Waals surface area contributed by atoms with Gasteiger partial charge in [0, 0.05) is 10.6 Å². The smallest absolute Gasteiger partial charge is 0.322 e. The summed E-state index contributed by atoms with van der Waals surface area (Å²) in [6.07, 6.45) is 3.36. The predicted octanol–water partition coefficient (Wildman–Crippen LogP) is 2.87. The molecule has 1 atom stereocenters. The number of benzene rings is 1. The zero-order valence-corrected chi connectivity index (χ0v) is 15.9. The standard InChI is InChI=1S/C20H22N2O4S/c1-12-2-7-16-14(8-12)10-17(27-16)20(26)22-15-5-3-13(4-6-15)9-18(23)21-11-19(24)25/h3-6,10,12H,2,7-9,11H2,1H3,(H,21,23)(H,22,26)(H,24,25). The number of carboxylic acid groups (broad SMARTS) is 1. The van der Waals surface area contributed by atoms with Gasteiger partial charge in [0.15, 0.2) is 0 Å². The van der Waals surface area contributed by atoms with Crippen molar-refractivity contribution in [1.29, 1.82) is 0 Å². The fourth-order valence-electron chi connectivity index (χ4n) is 3.14. The summed E-state index contributed by atoms with van der Waals surface area (Å²) in [5.74, 6) is -0.879. The van der Waals surface area contributed by atoms with Crippen LogP contribution in [0.2, 0.25) is 0 Å². The molecule has 1 aromatic heterocycles. The first-order chi connectivity index (χ1) is 12.9. The van der Waals surface area contributed by atoms with Gasteiger partial charge in [-0.2, -0.15) is 0 Å². The Hall–Kier alpha value is -2.67. The molecule has 0 saturated heterocycles. The van der Waals surface area contributed by atoms with Crippen molar-refractivity contribution in [3.63, 3.8) is 0 Å². The highest BCUT2D eigenvalue weighted by molar-refractivity contribution is 7.14. The highest BCUT2D eigenvalue weighted by Crippen LogP contribution is 2.32. The average molecular weight is 386 g/mol. The van der Waals surface area contributed by atoms with Crippen molar-refractivity contribution in [3.05, 3.63) is 51.2 Å². The molecule has 1 aliphatic rings. The van der Waals surface area contributed by atoms with E-state index in [0.29, 0.717) is 11.6 Å². The van der Waals surface area contributed by atoms with Crippen LogP contribution in [0.15, 0.2) is 30.3 Å². The van der Waals surface area contributed by atoms with Crippen LogP contribution in [0, 0.1) is 5.92 Å².